The Balaban J connectivity index is 4.82. The molecule has 0 spiro atoms. The van der Waals surface area contributed by atoms with Crippen LogP contribution in [0.2, 0.25) is 0 Å². The number of hydrogen-bond donors (Lipinski definition) is 1. The molecule has 0 aromatic heterocycles. The molecule has 114 valence electrons. The zero-order valence-electron chi connectivity index (χ0n) is 12.3. The second-order valence-electron chi connectivity index (χ2n) is 4.24. The molecule has 0 saturated heterocycles. The van der Waals surface area contributed by atoms with Crippen LogP contribution < -0.4 is 5.73 Å². The van der Waals surface area contributed by atoms with Gasteiger partial charge in [-0.1, -0.05) is 11.4 Å². The molecule has 0 aliphatic heterocycles. The number of rotatable bonds is 9. The molecule has 0 bridgehead atoms. The lowest BCUT2D eigenvalue weighted by molar-refractivity contribution is -0.151. The summed E-state index contributed by atoms with van der Waals surface area (Å²) >= 11 is 1.15. The summed E-state index contributed by atoms with van der Waals surface area (Å²) in [4.78, 5) is 11.8. The van der Waals surface area contributed by atoms with Crippen LogP contribution in [0.3, 0.4) is 0 Å². The lowest BCUT2D eigenvalue weighted by Crippen LogP contribution is -2.36. The Hall–Kier alpha value is -0.0700. The fourth-order valence-corrected chi connectivity index (χ4v) is 5.38. The number of ether oxygens (including phenoxy) is 1. The molecular formula is C11H25N2O4PS. The maximum Gasteiger partial charge on any atom is 0.329 e. The van der Waals surface area contributed by atoms with E-state index in [0.29, 0.717) is 18.9 Å². The first-order chi connectivity index (χ1) is 8.78. The molecule has 19 heavy (non-hydrogen) atoms. The van der Waals surface area contributed by atoms with Crippen LogP contribution in [0.15, 0.2) is 0 Å². The minimum atomic E-state index is -3.11. The van der Waals surface area contributed by atoms with Crippen LogP contribution >= 0.6 is 18.1 Å². The molecule has 6 nitrogen and oxygen atoms in total. The standard InChI is InChI=1S/C11H25N2O4PS/c1-6-16-18(15,19-8-7-12)13(5)10(4)11(14)17-9(2)3/h9-10H,6-8,12H2,1-5H3. The van der Waals surface area contributed by atoms with Gasteiger partial charge in [0.25, 0.3) is 0 Å². The summed E-state index contributed by atoms with van der Waals surface area (Å²) in [6.45, 7) is 4.57. The highest BCUT2D eigenvalue weighted by Gasteiger charge is 2.36. The van der Waals surface area contributed by atoms with E-state index in [0.717, 1.165) is 11.4 Å². The van der Waals surface area contributed by atoms with Gasteiger partial charge in [0, 0.05) is 12.3 Å². The van der Waals surface area contributed by atoms with Gasteiger partial charge in [0.2, 0.25) is 0 Å². The molecular weight excluding hydrogens is 287 g/mol. The average Bonchev–Trinajstić information content (AvgIpc) is 2.34. The summed E-state index contributed by atoms with van der Waals surface area (Å²) < 4.78 is 24.6. The second kappa shape index (κ2) is 8.97. The SMILES string of the molecule is CCOP(=O)(SCCN)N(C)C(C)C(=O)OC(C)C. The second-order valence-corrected chi connectivity index (χ2v) is 8.90. The van der Waals surface area contributed by atoms with Gasteiger partial charge >= 0.3 is 12.7 Å². The molecule has 0 saturated carbocycles. The molecule has 0 rings (SSSR count). The Morgan fingerprint density at radius 3 is 2.42 bits per heavy atom. The third kappa shape index (κ3) is 6.27. The fourth-order valence-electron chi connectivity index (χ4n) is 1.25. The number of hydrogen-bond acceptors (Lipinski definition) is 6. The third-order valence-electron chi connectivity index (χ3n) is 2.30. The first kappa shape index (κ1) is 18.9. The molecule has 0 aromatic rings. The van der Waals surface area contributed by atoms with Gasteiger partial charge in [-0.15, -0.1) is 0 Å². The van der Waals surface area contributed by atoms with Gasteiger partial charge in [0.15, 0.2) is 0 Å². The minimum Gasteiger partial charge on any atom is -0.462 e. The van der Waals surface area contributed by atoms with Crippen molar-refractivity contribution in [3.8, 4) is 0 Å². The molecule has 0 fully saturated rings. The van der Waals surface area contributed by atoms with Crippen LogP contribution in [0.5, 0.6) is 0 Å². The van der Waals surface area contributed by atoms with E-state index in [-0.39, 0.29) is 6.10 Å². The van der Waals surface area contributed by atoms with Gasteiger partial charge < -0.3 is 15.0 Å². The number of esters is 1. The molecule has 0 aliphatic carbocycles. The lowest BCUT2D eigenvalue weighted by Gasteiger charge is -2.30. The van der Waals surface area contributed by atoms with Crippen molar-refractivity contribution >= 4 is 24.1 Å². The molecule has 8 heteroatoms. The van der Waals surface area contributed by atoms with E-state index < -0.39 is 18.7 Å². The topological polar surface area (TPSA) is 81.9 Å². The third-order valence-corrected chi connectivity index (χ3v) is 7.37. The van der Waals surface area contributed by atoms with Gasteiger partial charge in [-0.05, 0) is 34.7 Å². The van der Waals surface area contributed by atoms with Gasteiger partial charge in [-0.25, -0.2) is 4.67 Å². The van der Waals surface area contributed by atoms with E-state index in [4.69, 9.17) is 15.0 Å². The van der Waals surface area contributed by atoms with Crippen molar-refractivity contribution in [1.29, 1.82) is 0 Å². The maximum absolute atomic E-state index is 12.7. The molecule has 0 radical (unpaired) electrons. The van der Waals surface area contributed by atoms with Crippen LogP contribution in [-0.4, -0.2) is 48.7 Å². The van der Waals surface area contributed by atoms with E-state index in [9.17, 15) is 9.36 Å². The zero-order valence-corrected chi connectivity index (χ0v) is 14.0. The largest absolute Gasteiger partial charge is 0.462 e. The summed E-state index contributed by atoms with van der Waals surface area (Å²) in [5, 5.41) is 0. The normalized spacial score (nSPS) is 16.4. The highest BCUT2D eigenvalue weighted by atomic mass is 32.7. The predicted octanol–water partition coefficient (Wildman–Crippen LogP) is 2.09. The van der Waals surface area contributed by atoms with Gasteiger partial charge in [0.05, 0.1) is 12.7 Å². The summed E-state index contributed by atoms with van der Waals surface area (Å²) in [5.74, 6) is 0.0962. The number of nitrogens with zero attached hydrogens (tertiary/aromatic N) is 1. The summed E-state index contributed by atoms with van der Waals surface area (Å²) in [6.07, 6.45) is -0.202. The Labute approximate surface area is 119 Å². The highest BCUT2D eigenvalue weighted by Crippen LogP contribution is 2.62. The smallest absolute Gasteiger partial charge is 0.329 e. The van der Waals surface area contributed by atoms with Gasteiger partial charge in [0.1, 0.15) is 6.04 Å². The predicted molar refractivity (Wildman–Crippen MR) is 79.2 cm³/mol. The van der Waals surface area contributed by atoms with Crippen LogP contribution in [0.4, 0.5) is 0 Å². The number of nitrogens with two attached hydrogens (primary N) is 1. The molecule has 2 atom stereocenters. The van der Waals surface area contributed by atoms with E-state index in [2.05, 4.69) is 0 Å². The molecule has 0 aromatic carbocycles. The van der Waals surface area contributed by atoms with Gasteiger partial charge in [-0.2, -0.15) is 0 Å². The van der Waals surface area contributed by atoms with Crippen molar-refractivity contribution in [3.63, 3.8) is 0 Å². The number of carbonyl (C=O) groups excluding carboxylic acids is 1. The van der Waals surface area contributed by atoms with Crippen molar-refractivity contribution in [2.75, 3.05) is 26.0 Å². The Bertz CT molecular complexity index is 328. The molecule has 2 unspecified atom stereocenters. The summed E-state index contributed by atoms with van der Waals surface area (Å²) in [6, 6.07) is -0.634. The average molecular weight is 312 g/mol. The van der Waals surface area contributed by atoms with Crippen molar-refractivity contribution in [3.05, 3.63) is 0 Å². The zero-order chi connectivity index (χ0) is 15.1. The van der Waals surface area contributed by atoms with E-state index in [1.54, 1.807) is 34.7 Å². The quantitative estimate of drug-likeness (QED) is 0.515. The lowest BCUT2D eigenvalue weighted by atomic mass is 10.3. The van der Waals surface area contributed by atoms with Gasteiger partial charge in [-0.3, -0.25) is 9.36 Å². The molecule has 2 N–H and O–H groups in total. The number of likely N-dealkylation sites (N-methyl/N-ethyl adjacent to an activating group) is 1. The van der Waals surface area contributed by atoms with Crippen LogP contribution in [0.1, 0.15) is 27.7 Å². The van der Waals surface area contributed by atoms with E-state index in [1.165, 1.54) is 4.67 Å². The Morgan fingerprint density at radius 1 is 1.42 bits per heavy atom. The highest BCUT2D eigenvalue weighted by molar-refractivity contribution is 8.55. The first-order valence-corrected chi connectivity index (χ1v) is 9.48. The van der Waals surface area contributed by atoms with Crippen LogP contribution in [-0.2, 0) is 18.6 Å². The first-order valence-electron chi connectivity index (χ1n) is 6.31. The van der Waals surface area contributed by atoms with Crippen LogP contribution in [0, 0.1) is 0 Å². The number of carbonyl (C=O) groups is 1. The van der Waals surface area contributed by atoms with E-state index in [1.807, 2.05) is 0 Å². The van der Waals surface area contributed by atoms with Crippen molar-refractivity contribution in [2.45, 2.75) is 39.8 Å². The Morgan fingerprint density at radius 2 is 2.00 bits per heavy atom. The minimum absolute atomic E-state index is 0.202. The molecule has 0 amide bonds. The monoisotopic (exact) mass is 312 g/mol. The summed E-state index contributed by atoms with van der Waals surface area (Å²) in [7, 11) is 1.60. The van der Waals surface area contributed by atoms with Crippen molar-refractivity contribution in [1.82, 2.24) is 4.67 Å². The Kier molecular flexibility index (Phi) is 8.94. The molecule has 0 aliphatic rings. The van der Waals surface area contributed by atoms with Crippen molar-refractivity contribution < 1.29 is 18.6 Å². The summed E-state index contributed by atoms with van der Waals surface area (Å²) in [5.41, 5.74) is 5.43. The van der Waals surface area contributed by atoms with E-state index >= 15 is 0 Å². The van der Waals surface area contributed by atoms with Crippen molar-refractivity contribution in [2.24, 2.45) is 5.73 Å². The van der Waals surface area contributed by atoms with Crippen LogP contribution in [0.25, 0.3) is 0 Å². The molecule has 0 heterocycles. The fraction of sp³-hybridized carbons (Fsp3) is 0.909. The maximum atomic E-state index is 12.7.